The number of ether oxygens (including phenoxy) is 1. The number of carbonyl (C=O) groups excluding carboxylic acids is 1. The first-order chi connectivity index (χ1) is 13.0. The fraction of sp³-hybridized carbons (Fsp3) is 0.389. The first-order valence-electron chi connectivity index (χ1n) is 8.74. The van der Waals surface area contributed by atoms with Crippen LogP contribution in [0.25, 0.3) is 5.65 Å². The van der Waals surface area contributed by atoms with Crippen molar-refractivity contribution in [3.05, 3.63) is 57.7 Å². The molecular weight excluding hydrogens is 348 g/mol. The van der Waals surface area contributed by atoms with Crippen LogP contribution in [-0.2, 0) is 11.3 Å². The zero-order chi connectivity index (χ0) is 19.0. The number of aromatic amines is 1. The Kier molecular flexibility index (Phi) is 4.44. The molecule has 140 valence electrons. The van der Waals surface area contributed by atoms with E-state index in [1.807, 2.05) is 6.92 Å². The number of nitrogens with one attached hydrogen (secondary N) is 2. The fourth-order valence-electron chi connectivity index (χ4n) is 3.40. The minimum atomic E-state index is -0.186. The van der Waals surface area contributed by atoms with Gasteiger partial charge in [-0.1, -0.05) is 0 Å². The molecule has 1 saturated carbocycles. The van der Waals surface area contributed by atoms with E-state index in [4.69, 9.17) is 4.74 Å². The van der Waals surface area contributed by atoms with Crippen LogP contribution in [0.1, 0.15) is 46.3 Å². The molecule has 3 heterocycles. The van der Waals surface area contributed by atoms with Gasteiger partial charge < -0.3 is 15.0 Å². The Hall–Kier alpha value is -3.07. The molecule has 0 aromatic carbocycles. The van der Waals surface area contributed by atoms with Gasteiger partial charge in [0.05, 0.1) is 23.1 Å². The van der Waals surface area contributed by atoms with Gasteiger partial charge in [0.15, 0.2) is 5.65 Å². The van der Waals surface area contributed by atoms with Crippen molar-refractivity contribution in [3.63, 3.8) is 0 Å². The van der Waals surface area contributed by atoms with Gasteiger partial charge >= 0.3 is 0 Å². The third kappa shape index (κ3) is 3.33. The number of methoxy groups -OCH3 is 1. The molecule has 0 aliphatic heterocycles. The molecule has 4 rings (SSSR count). The number of H-pyrrole nitrogens is 1. The maximum atomic E-state index is 12.6. The predicted molar refractivity (Wildman–Crippen MR) is 96.5 cm³/mol. The Morgan fingerprint density at radius 3 is 3.04 bits per heavy atom. The van der Waals surface area contributed by atoms with Gasteiger partial charge in [0, 0.05) is 37.4 Å². The Bertz CT molecular complexity index is 1050. The first-order valence-corrected chi connectivity index (χ1v) is 8.74. The van der Waals surface area contributed by atoms with Crippen molar-refractivity contribution in [2.45, 2.75) is 38.3 Å². The van der Waals surface area contributed by atoms with E-state index in [-0.39, 0.29) is 30.0 Å². The molecule has 1 amide bonds. The second-order valence-corrected chi connectivity index (χ2v) is 6.75. The van der Waals surface area contributed by atoms with E-state index in [0.717, 1.165) is 24.2 Å². The van der Waals surface area contributed by atoms with Crippen LogP contribution in [0.3, 0.4) is 0 Å². The minimum absolute atomic E-state index is 0.0437. The number of amides is 1. The van der Waals surface area contributed by atoms with Crippen LogP contribution in [0.15, 0.2) is 29.3 Å². The summed E-state index contributed by atoms with van der Waals surface area (Å²) in [6, 6.07) is 3.35. The highest BCUT2D eigenvalue weighted by atomic mass is 16.5. The Balaban J connectivity index is 1.42. The highest BCUT2D eigenvalue weighted by Crippen LogP contribution is 2.35. The quantitative estimate of drug-likeness (QED) is 0.693. The van der Waals surface area contributed by atoms with E-state index >= 15 is 0 Å². The molecule has 1 fully saturated rings. The van der Waals surface area contributed by atoms with Crippen molar-refractivity contribution in [1.29, 1.82) is 0 Å². The van der Waals surface area contributed by atoms with Gasteiger partial charge in [-0.2, -0.15) is 5.10 Å². The van der Waals surface area contributed by atoms with Gasteiger partial charge in [-0.25, -0.2) is 14.5 Å². The molecule has 0 unspecified atom stereocenters. The molecule has 1 aliphatic carbocycles. The topological polar surface area (TPSA) is 114 Å². The second-order valence-electron chi connectivity index (χ2n) is 6.75. The van der Waals surface area contributed by atoms with E-state index in [9.17, 15) is 9.59 Å². The van der Waals surface area contributed by atoms with E-state index in [1.54, 1.807) is 30.1 Å². The van der Waals surface area contributed by atoms with E-state index in [0.29, 0.717) is 17.0 Å². The van der Waals surface area contributed by atoms with Crippen LogP contribution in [0, 0.1) is 6.92 Å². The molecule has 0 atom stereocenters. The van der Waals surface area contributed by atoms with Crippen molar-refractivity contribution in [2.24, 2.45) is 0 Å². The summed E-state index contributed by atoms with van der Waals surface area (Å²) in [6.45, 7) is 2.11. The number of fused-ring (bicyclic) bond motifs is 1. The molecule has 0 bridgehead atoms. The highest BCUT2D eigenvalue weighted by Gasteiger charge is 2.33. The largest absolute Gasteiger partial charge is 0.377 e. The molecule has 27 heavy (non-hydrogen) atoms. The molecule has 3 aromatic rings. The van der Waals surface area contributed by atoms with Crippen molar-refractivity contribution < 1.29 is 9.53 Å². The van der Waals surface area contributed by atoms with Gasteiger partial charge in [0.1, 0.15) is 12.4 Å². The number of hydrogen-bond donors (Lipinski definition) is 2. The van der Waals surface area contributed by atoms with Gasteiger partial charge in [-0.15, -0.1) is 0 Å². The molecule has 2 N–H and O–H groups in total. The summed E-state index contributed by atoms with van der Waals surface area (Å²) in [4.78, 5) is 35.7. The van der Waals surface area contributed by atoms with Crippen LogP contribution in [0.4, 0.5) is 0 Å². The summed E-state index contributed by atoms with van der Waals surface area (Å²) in [5, 5.41) is 7.21. The lowest BCUT2D eigenvalue weighted by molar-refractivity contribution is 0.0906. The maximum Gasteiger partial charge on any atom is 0.254 e. The van der Waals surface area contributed by atoms with Gasteiger partial charge in [0.2, 0.25) is 0 Å². The number of carbonyl (C=O) groups is 1. The Morgan fingerprint density at radius 1 is 1.44 bits per heavy atom. The van der Waals surface area contributed by atoms with Crippen molar-refractivity contribution in [2.75, 3.05) is 7.11 Å². The molecular formula is C18H20N6O3. The summed E-state index contributed by atoms with van der Waals surface area (Å²) in [7, 11) is 1.55. The monoisotopic (exact) mass is 368 g/mol. The van der Waals surface area contributed by atoms with Crippen LogP contribution >= 0.6 is 0 Å². The summed E-state index contributed by atoms with van der Waals surface area (Å²) < 4.78 is 6.67. The van der Waals surface area contributed by atoms with Crippen LogP contribution in [0.2, 0.25) is 0 Å². The maximum absolute atomic E-state index is 12.6. The zero-order valence-electron chi connectivity index (χ0n) is 15.1. The van der Waals surface area contributed by atoms with E-state index in [2.05, 4.69) is 25.4 Å². The standard InChI is InChI=1S/C18H20N6O3/c1-10-13(8-19-16-3-4-20-24(10)16)18(26)21-12-5-11(6-12)14-7-17(25)23-15(22-14)9-27-2/h3-4,7-8,11-12H,5-6,9H2,1-2H3,(H,21,26)(H,22,23,25). The average Bonchev–Trinajstić information content (AvgIpc) is 3.07. The fourth-order valence-corrected chi connectivity index (χ4v) is 3.40. The SMILES string of the molecule is COCc1nc(C2CC(NC(=O)c3cnc4ccnn4c3C)C2)cc(=O)[nH]1. The molecule has 1 aliphatic rings. The Labute approximate surface area is 154 Å². The zero-order valence-corrected chi connectivity index (χ0v) is 15.1. The first kappa shape index (κ1) is 17.3. The minimum Gasteiger partial charge on any atom is -0.377 e. The lowest BCUT2D eigenvalue weighted by Gasteiger charge is -2.35. The molecule has 9 nitrogen and oxygen atoms in total. The number of hydrogen-bond acceptors (Lipinski definition) is 6. The average molecular weight is 368 g/mol. The smallest absolute Gasteiger partial charge is 0.254 e. The number of rotatable bonds is 5. The predicted octanol–water partition coefficient (Wildman–Crippen LogP) is 0.943. The molecule has 0 saturated heterocycles. The molecule has 0 radical (unpaired) electrons. The van der Waals surface area contributed by atoms with E-state index < -0.39 is 0 Å². The highest BCUT2D eigenvalue weighted by molar-refractivity contribution is 5.95. The number of aromatic nitrogens is 5. The third-order valence-electron chi connectivity index (χ3n) is 4.88. The normalized spacial score (nSPS) is 19.0. The summed E-state index contributed by atoms with van der Waals surface area (Å²) in [5.41, 5.74) is 2.52. The van der Waals surface area contributed by atoms with Gasteiger partial charge in [0.25, 0.3) is 11.5 Å². The lowest BCUT2D eigenvalue weighted by atomic mass is 9.78. The molecule has 9 heteroatoms. The van der Waals surface area contributed by atoms with Crippen molar-refractivity contribution in [1.82, 2.24) is 29.9 Å². The van der Waals surface area contributed by atoms with Crippen LogP contribution in [0.5, 0.6) is 0 Å². The van der Waals surface area contributed by atoms with Crippen LogP contribution in [-0.4, -0.2) is 43.6 Å². The molecule has 3 aromatic heterocycles. The summed E-state index contributed by atoms with van der Waals surface area (Å²) in [5.74, 6) is 0.502. The van der Waals surface area contributed by atoms with Crippen molar-refractivity contribution in [3.8, 4) is 0 Å². The number of aryl methyl sites for hydroxylation is 1. The summed E-state index contributed by atoms with van der Waals surface area (Å²) >= 11 is 0. The van der Waals surface area contributed by atoms with Gasteiger partial charge in [-0.3, -0.25) is 9.59 Å². The third-order valence-corrected chi connectivity index (χ3v) is 4.88. The number of nitrogens with zero attached hydrogens (tertiary/aromatic N) is 4. The van der Waals surface area contributed by atoms with Crippen LogP contribution < -0.4 is 10.9 Å². The summed E-state index contributed by atoms with van der Waals surface area (Å²) in [6.07, 6.45) is 4.71. The van der Waals surface area contributed by atoms with E-state index in [1.165, 1.54) is 6.07 Å². The molecule has 0 spiro atoms. The second kappa shape index (κ2) is 6.92. The lowest BCUT2D eigenvalue weighted by Crippen LogP contribution is -2.44. The van der Waals surface area contributed by atoms with Crippen molar-refractivity contribution >= 4 is 11.6 Å². The Morgan fingerprint density at radius 2 is 2.26 bits per heavy atom. The van der Waals surface area contributed by atoms with Gasteiger partial charge in [-0.05, 0) is 19.8 Å².